The van der Waals surface area contributed by atoms with Crippen LogP contribution in [0.2, 0.25) is 5.02 Å². The first-order valence-corrected chi connectivity index (χ1v) is 7.91. The van der Waals surface area contributed by atoms with Gasteiger partial charge in [0.05, 0.1) is 10.6 Å². The van der Waals surface area contributed by atoms with Crippen LogP contribution in [0.15, 0.2) is 35.2 Å². The molecular weight excluding hydrogens is 315 g/mol. The fraction of sp³-hybridized carbons (Fsp3) is 0.143. The fourth-order valence-electron chi connectivity index (χ4n) is 1.86. The van der Waals surface area contributed by atoms with Crippen molar-refractivity contribution >= 4 is 33.0 Å². The van der Waals surface area contributed by atoms with Gasteiger partial charge in [0, 0.05) is 10.7 Å². The molecule has 2 aromatic rings. The SMILES string of the molecule is Cc1ccc(F)cc1NS(=O)(=O)c1cc(Cl)cc(N)c1C. The van der Waals surface area contributed by atoms with E-state index in [9.17, 15) is 12.8 Å². The third kappa shape index (κ3) is 3.28. The molecule has 2 aromatic carbocycles. The van der Waals surface area contributed by atoms with E-state index in [4.69, 9.17) is 17.3 Å². The van der Waals surface area contributed by atoms with Crippen LogP contribution < -0.4 is 10.5 Å². The topological polar surface area (TPSA) is 72.2 Å². The maximum Gasteiger partial charge on any atom is 0.262 e. The molecule has 21 heavy (non-hydrogen) atoms. The summed E-state index contributed by atoms with van der Waals surface area (Å²) in [7, 11) is -3.91. The van der Waals surface area contributed by atoms with Crippen molar-refractivity contribution < 1.29 is 12.8 Å². The molecule has 0 aliphatic rings. The number of nitrogen functional groups attached to an aromatic ring is 1. The summed E-state index contributed by atoms with van der Waals surface area (Å²) in [5.74, 6) is -0.527. The Kier molecular flexibility index (Phi) is 4.11. The number of anilines is 2. The Bertz CT molecular complexity index is 807. The van der Waals surface area contributed by atoms with Gasteiger partial charge < -0.3 is 5.73 Å². The number of nitrogens with two attached hydrogens (primary N) is 1. The number of rotatable bonds is 3. The Morgan fingerprint density at radius 3 is 2.52 bits per heavy atom. The summed E-state index contributed by atoms with van der Waals surface area (Å²) in [5.41, 5.74) is 7.17. The quantitative estimate of drug-likeness (QED) is 0.847. The zero-order valence-corrected chi connectivity index (χ0v) is 13.0. The summed E-state index contributed by atoms with van der Waals surface area (Å²) in [5, 5.41) is 0.217. The lowest BCUT2D eigenvalue weighted by Gasteiger charge is -2.14. The molecule has 0 amide bonds. The van der Waals surface area contributed by atoms with Crippen LogP contribution in [0, 0.1) is 19.7 Å². The molecular formula is C14H14ClFN2O2S. The van der Waals surface area contributed by atoms with E-state index in [0.717, 1.165) is 6.07 Å². The van der Waals surface area contributed by atoms with Crippen LogP contribution >= 0.6 is 11.6 Å². The highest BCUT2D eigenvalue weighted by atomic mass is 35.5. The van der Waals surface area contributed by atoms with Crippen molar-refractivity contribution in [1.29, 1.82) is 0 Å². The highest BCUT2D eigenvalue weighted by Gasteiger charge is 2.20. The Balaban J connectivity index is 2.51. The van der Waals surface area contributed by atoms with Crippen molar-refractivity contribution in [3.63, 3.8) is 0 Å². The number of halogens is 2. The Morgan fingerprint density at radius 2 is 1.86 bits per heavy atom. The van der Waals surface area contributed by atoms with E-state index in [1.807, 2.05) is 0 Å². The van der Waals surface area contributed by atoms with Gasteiger partial charge in [-0.1, -0.05) is 17.7 Å². The van der Waals surface area contributed by atoms with Gasteiger partial charge in [-0.2, -0.15) is 0 Å². The molecule has 7 heteroatoms. The van der Waals surface area contributed by atoms with Crippen LogP contribution in [0.5, 0.6) is 0 Å². The van der Waals surface area contributed by atoms with Crippen LogP contribution in [-0.2, 0) is 10.0 Å². The lowest BCUT2D eigenvalue weighted by Crippen LogP contribution is -2.16. The van der Waals surface area contributed by atoms with Gasteiger partial charge in [-0.3, -0.25) is 4.72 Å². The second kappa shape index (κ2) is 5.54. The van der Waals surface area contributed by atoms with E-state index in [1.54, 1.807) is 13.8 Å². The molecule has 0 atom stereocenters. The first-order chi connectivity index (χ1) is 9.70. The van der Waals surface area contributed by atoms with Gasteiger partial charge in [-0.25, -0.2) is 12.8 Å². The Morgan fingerprint density at radius 1 is 1.19 bits per heavy atom. The first-order valence-electron chi connectivity index (χ1n) is 6.05. The molecule has 112 valence electrons. The van der Waals surface area contributed by atoms with Crippen LogP contribution in [0.3, 0.4) is 0 Å². The van der Waals surface area contributed by atoms with Gasteiger partial charge in [0.1, 0.15) is 5.82 Å². The van der Waals surface area contributed by atoms with Crippen LogP contribution in [0.1, 0.15) is 11.1 Å². The van der Waals surface area contributed by atoms with Gasteiger partial charge >= 0.3 is 0 Å². The molecule has 4 nitrogen and oxygen atoms in total. The molecule has 0 aromatic heterocycles. The molecule has 3 N–H and O–H groups in total. The van der Waals surface area contributed by atoms with E-state index in [0.29, 0.717) is 11.1 Å². The van der Waals surface area contributed by atoms with Crippen molar-refractivity contribution in [3.8, 4) is 0 Å². The minimum atomic E-state index is -3.91. The summed E-state index contributed by atoms with van der Waals surface area (Å²) >= 11 is 5.86. The van der Waals surface area contributed by atoms with Crippen molar-refractivity contribution in [3.05, 3.63) is 52.3 Å². The molecule has 0 spiro atoms. The minimum absolute atomic E-state index is 0.0313. The maximum absolute atomic E-state index is 13.3. The number of aryl methyl sites for hydroxylation is 1. The van der Waals surface area contributed by atoms with Crippen LogP contribution in [-0.4, -0.2) is 8.42 Å². The number of hydrogen-bond acceptors (Lipinski definition) is 3. The molecule has 0 radical (unpaired) electrons. The van der Waals surface area contributed by atoms with Gasteiger partial charge in [0.15, 0.2) is 0 Å². The van der Waals surface area contributed by atoms with Gasteiger partial charge in [-0.15, -0.1) is 0 Å². The van der Waals surface area contributed by atoms with E-state index < -0.39 is 15.8 Å². The predicted molar refractivity (Wildman–Crippen MR) is 82.5 cm³/mol. The summed E-state index contributed by atoms with van der Waals surface area (Å²) < 4.78 is 40.5. The molecule has 0 saturated heterocycles. The van der Waals surface area contributed by atoms with E-state index in [2.05, 4.69) is 4.72 Å². The smallest absolute Gasteiger partial charge is 0.262 e. The Labute approximate surface area is 127 Å². The summed E-state index contributed by atoms with van der Waals surface area (Å²) in [6, 6.07) is 6.66. The van der Waals surface area contributed by atoms with Gasteiger partial charge in [0.25, 0.3) is 10.0 Å². The van der Waals surface area contributed by atoms with Gasteiger partial charge in [-0.05, 0) is 49.2 Å². The third-order valence-corrected chi connectivity index (χ3v) is 4.81. The number of hydrogen-bond donors (Lipinski definition) is 2. The van der Waals surface area contributed by atoms with E-state index in [1.165, 1.54) is 24.3 Å². The van der Waals surface area contributed by atoms with Crippen LogP contribution in [0.4, 0.5) is 15.8 Å². The second-order valence-electron chi connectivity index (χ2n) is 4.68. The second-order valence-corrected chi connectivity index (χ2v) is 6.77. The first kappa shape index (κ1) is 15.6. The number of nitrogens with one attached hydrogen (secondary N) is 1. The fourth-order valence-corrected chi connectivity index (χ4v) is 3.57. The van der Waals surface area contributed by atoms with Crippen molar-refractivity contribution in [1.82, 2.24) is 0 Å². The van der Waals surface area contributed by atoms with Gasteiger partial charge in [0.2, 0.25) is 0 Å². The lowest BCUT2D eigenvalue weighted by molar-refractivity contribution is 0.600. The average molecular weight is 329 g/mol. The highest BCUT2D eigenvalue weighted by molar-refractivity contribution is 7.92. The summed E-state index contributed by atoms with van der Waals surface area (Å²) in [6.07, 6.45) is 0. The molecule has 0 heterocycles. The highest BCUT2D eigenvalue weighted by Crippen LogP contribution is 2.28. The number of benzene rings is 2. The zero-order chi connectivity index (χ0) is 15.8. The monoisotopic (exact) mass is 328 g/mol. The van der Waals surface area contributed by atoms with Crippen LogP contribution in [0.25, 0.3) is 0 Å². The standard InChI is InChI=1S/C14H14ClFN2O2S/c1-8-3-4-11(16)7-13(8)18-21(19,20)14-6-10(15)5-12(17)9(14)2/h3-7,18H,17H2,1-2H3. The molecule has 0 fully saturated rings. The normalized spacial score (nSPS) is 11.4. The molecule has 0 bridgehead atoms. The number of sulfonamides is 1. The predicted octanol–water partition coefficient (Wildman–Crippen LogP) is 3.48. The molecule has 0 aliphatic carbocycles. The minimum Gasteiger partial charge on any atom is -0.398 e. The van der Waals surface area contributed by atoms with E-state index in [-0.39, 0.29) is 21.3 Å². The Hall–Kier alpha value is -1.79. The lowest BCUT2D eigenvalue weighted by atomic mass is 10.2. The van der Waals surface area contributed by atoms with Crippen molar-refractivity contribution in [2.24, 2.45) is 0 Å². The van der Waals surface area contributed by atoms with Crippen molar-refractivity contribution in [2.75, 3.05) is 10.5 Å². The molecule has 2 rings (SSSR count). The zero-order valence-electron chi connectivity index (χ0n) is 11.4. The summed E-state index contributed by atoms with van der Waals surface area (Å²) in [6.45, 7) is 3.26. The maximum atomic E-state index is 13.3. The average Bonchev–Trinajstić information content (AvgIpc) is 2.37. The molecule has 0 unspecified atom stereocenters. The summed E-state index contributed by atoms with van der Waals surface area (Å²) in [4.78, 5) is -0.0313. The van der Waals surface area contributed by atoms with Crippen molar-refractivity contribution in [2.45, 2.75) is 18.7 Å². The van der Waals surface area contributed by atoms with E-state index >= 15 is 0 Å². The molecule has 0 saturated carbocycles. The third-order valence-electron chi connectivity index (χ3n) is 3.10. The molecule has 0 aliphatic heterocycles. The largest absolute Gasteiger partial charge is 0.398 e.